The molecule has 12 rings (SSSR count). The molecule has 6 aromatic rings. The highest BCUT2D eigenvalue weighted by atomic mass is 17.2. The van der Waals surface area contributed by atoms with Gasteiger partial charge in [-0.3, -0.25) is 0 Å². The van der Waals surface area contributed by atoms with Crippen LogP contribution in [-0.2, 0) is 24.0 Å². The van der Waals surface area contributed by atoms with Crippen molar-refractivity contribution >= 4 is 51.5 Å². The minimum absolute atomic E-state index is 0.00592. The summed E-state index contributed by atoms with van der Waals surface area (Å²) in [5, 5.41) is 32.0. The minimum atomic E-state index is -0.592. The first kappa shape index (κ1) is 68.5. The van der Waals surface area contributed by atoms with Gasteiger partial charge in [-0.2, -0.15) is 19.9 Å². The third-order valence-electron chi connectivity index (χ3n) is 21.6. The number of aryl methyl sites for hydroxylation is 4. The van der Waals surface area contributed by atoms with Gasteiger partial charge >= 0.3 is 5.97 Å². The predicted molar refractivity (Wildman–Crippen MR) is 380 cm³/mol. The average Bonchev–Trinajstić information content (AvgIpc) is 1.69. The Bertz CT molecular complexity index is 4260. The molecule has 6 unspecified atom stereocenters. The van der Waals surface area contributed by atoms with Crippen molar-refractivity contribution in [3.05, 3.63) is 117 Å². The van der Waals surface area contributed by atoms with E-state index < -0.39 is 5.97 Å². The minimum Gasteiger partial charge on any atom is -0.496 e. The molecule has 6 aliphatic rings. The van der Waals surface area contributed by atoms with Gasteiger partial charge in [0.15, 0.2) is 35.0 Å². The summed E-state index contributed by atoms with van der Waals surface area (Å²) in [6, 6.07) is 25.2. The van der Waals surface area contributed by atoms with Crippen LogP contribution in [0.25, 0.3) is 33.9 Å². The second-order valence-electron chi connectivity index (χ2n) is 30.3. The molecule has 2 aliphatic carbocycles. The van der Waals surface area contributed by atoms with Crippen molar-refractivity contribution in [1.82, 2.24) is 29.5 Å². The molecule has 19 nitrogen and oxygen atoms in total. The number of carbonyl (C=O) groups excluding carboxylic acids is 1. The number of nitrogens with zero attached hydrogens (tertiary/aromatic N) is 12. The quantitative estimate of drug-likeness (QED) is 0.0339. The van der Waals surface area contributed by atoms with Crippen LogP contribution in [0, 0.1) is 85.9 Å². The van der Waals surface area contributed by atoms with E-state index >= 15 is 0 Å². The molecule has 0 saturated heterocycles. The summed E-state index contributed by atoms with van der Waals surface area (Å²) in [7, 11) is 3.30. The van der Waals surface area contributed by atoms with Crippen LogP contribution in [0.2, 0.25) is 0 Å². The van der Waals surface area contributed by atoms with Gasteiger partial charge in [0.25, 0.3) is 0 Å². The lowest BCUT2D eigenvalue weighted by molar-refractivity contribution is -0.338. The van der Waals surface area contributed by atoms with Crippen molar-refractivity contribution < 1.29 is 33.5 Å². The normalized spacial score (nSPS) is 25.6. The fourth-order valence-electron chi connectivity index (χ4n) is 17.1. The van der Waals surface area contributed by atoms with Crippen LogP contribution in [0.1, 0.15) is 178 Å². The Hall–Kier alpha value is -8.49. The van der Waals surface area contributed by atoms with Crippen LogP contribution >= 0.6 is 0 Å². The zero-order chi connectivity index (χ0) is 69.3. The number of nitriles is 2. The fourth-order valence-corrected chi connectivity index (χ4v) is 17.1. The van der Waals surface area contributed by atoms with E-state index in [-0.39, 0.29) is 76.4 Å². The van der Waals surface area contributed by atoms with E-state index in [0.29, 0.717) is 90.1 Å². The molecule has 6 heterocycles. The number of allylic oxidation sites excluding steroid dienone is 2. The predicted octanol–water partition coefficient (Wildman–Crippen LogP) is 15.7. The first-order valence-corrected chi connectivity index (χ1v) is 34.8. The average molecular weight is 1310 g/mol. The summed E-state index contributed by atoms with van der Waals surface area (Å²) in [5.41, 5.74) is 12.0. The molecular weight excluding hydrogens is 1220 g/mol. The molecule has 19 heteroatoms. The van der Waals surface area contributed by atoms with Gasteiger partial charge in [0.1, 0.15) is 53.1 Å². The van der Waals surface area contributed by atoms with Gasteiger partial charge in [-0.1, -0.05) is 55.4 Å². The van der Waals surface area contributed by atoms with Crippen LogP contribution in [0.4, 0.5) is 22.7 Å². The fraction of sp³-hybridized carbons (Fsp3) is 0.526. The van der Waals surface area contributed by atoms with Crippen molar-refractivity contribution in [2.75, 3.05) is 56.9 Å². The van der Waals surface area contributed by atoms with Crippen LogP contribution in [0.15, 0.2) is 81.8 Å². The Morgan fingerprint density at radius 1 is 0.588 bits per heavy atom. The van der Waals surface area contributed by atoms with E-state index in [1.165, 1.54) is 5.56 Å². The highest BCUT2D eigenvalue weighted by Crippen LogP contribution is 2.49. The first-order valence-electron chi connectivity index (χ1n) is 34.8. The van der Waals surface area contributed by atoms with Gasteiger partial charge in [-0.25, -0.2) is 34.5 Å². The Balaban J connectivity index is 0.788. The van der Waals surface area contributed by atoms with Gasteiger partial charge in [0, 0.05) is 52.2 Å². The molecule has 0 spiro atoms. The molecule has 4 aliphatic heterocycles. The SMILES string of the molecule is COc1ccc(-c2nc3n(n2)C(=Nc2cc4c(cc2C)N(CCOCCN2c5cc(C)c(N=C6C(C#N)=C(C(=O)OC7C(C)CC(C)CC7C)c7nc(-c8ccc(OC)c(C)c8)nn76)cc5C(C)CC2(C)C)C(C)(C)CC4C)C(C#N)=C3COOC2C(C)CC(C)CC2C)cc1C. The highest BCUT2D eigenvalue weighted by Gasteiger charge is 2.44. The van der Waals surface area contributed by atoms with Gasteiger partial charge in [0.05, 0.1) is 44.9 Å². The second kappa shape index (κ2) is 27.1. The molecular formula is C78H96N12O7. The number of hydrogen-bond acceptors (Lipinski definition) is 17. The number of aliphatic imine (C=N–C) groups is 2. The number of esters is 1. The summed E-state index contributed by atoms with van der Waals surface area (Å²) in [6.45, 7) is 37.5. The molecule has 0 bridgehead atoms. The molecule has 2 fully saturated rings. The standard InChI is InChI=1S/C78H96N12O7/c1-42-27-48(7)68(49(8)28-42)96-76(91)67-59(40-80)73(90-75(67)84-71(86-90)55-20-22-66(93-18)47(6)32-55)82-62-36-57-53(12)38-78(15,16)88(64(57)34-45(62)4)24-26-94-25-23-87-63-33-44(3)61(35-56(63)52(11)37-77(87,13)14)81-72-58(39-79)60(41-95-97-69-50(9)29-43(2)30-51(69)10)74-83-70(85-89(72)74)54-19-21-65(92-17)46(5)31-54/h19-22,31-36,42-43,48-53,68-69H,23-30,37-38,41H2,1-18H3. The molecule has 0 radical (unpaired) electrons. The molecule has 0 amide bonds. The smallest absolute Gasteiger partial charge is 0.343 e. The number of fused-ring (bicyclic) bond motifs is 4. The number of ether oxygens (including phenoxy) is 4. The maximum atomic E-state index is 14.6. The molecule has 0 N–H and O–H groups in total. The lowest BCUT2D eigenvalue weighted by Crippen LogP contribution is -2.50. The summed E-state index contributed by atoms with van der Waals surface area (Å²) in [4.78, 5) is 52.5. The maximum Gasteiger partial charge on any atom is 0.343 e. The topological polar surface area (TPSA) is 213 Å². The van der Waals surface area contributed by atoms with Crippen LogP contribution < -0.4 is 19.3 Å². The Morgan fingerprint density at radius 2 is 1.03 bits per heavy atom. The number of hydrogen-bond donors (Lipinski definition) is 0. The lowest BCUT2D eigenvalue weighted by Gasteiger charge is -2.48. The van der Waals surface area contributed by atoms with E-state index in [2.05, 4.69) is 136 Å². The number of aromatic nitrogens is 6. The number of carbonyl (C=O) groups is 1. The van der Waals surface area contributed by atoms with Gasteiger partial charge in [0.2, 0.25) is 0 Å². The Morgan fingerprint density at radius 3 is 1.48 bits per heavy atom. The molecule has 4 aromatic carbocycles. The van der Waals surface area contributed by atoms with E-state index in [4.69, 9.17) is 58.9 Å². The zero-order valence-electron chi connectivity index (χ0n) is 60.0. The van der Waals surface area contributed by atoms with E-state index in [9.17, 15) is 15.3 Å². The summed E-state index contributed by atoms with van der Waals surface area (Å²) < 4.78 is 27.5. The molecule has 6 atom stereocenters. The first-order chi connectivity index (χ1) is 46.2. The van der Waals surface area contributed by atoms with E-state index in [1.54, 1.807) is 23.6 Å². The largest absolute Gasteiger partial charge is 0.496 e. The van der Waals surface area contributed by atoms with Crippen molar-refractivity contribution in [3.8, 4) is 46.4 Å². The van der Waals surface area contributed by atoms with Crippen molar-refractivity contribution in [1.29, 1.82) is 10.5 Å². The number of methoxy groups -OCH3 is 2. The maximum absolute atomic E-state index is 14.6. The van der Waals surface area contributed by atoms with Crippen LogP contribution in [-0.4, -0.2) is 118 Å². The second-order valence-corrected chi connectivity index (χ2v) is 30.3. The zero-order valence-corrected chi connectivity index (χ0v) is 60.0. The monoisotopic (exact) mass is 1310 g/mol. The van der Waals surface area contributed by atoms with E-state index in [1.807, 2.05) is 57.2 Å². The van der Waals surface area contributed by atoms with Crippen molar-refractivity contribution in [2.45, 2.75) is 184 Å². The number of benzene rings is 4. The van der Waals surface area contributed by atoms with Gasteiger partial charge in [-0.05, 0) is 235 Å². The van der Waals surface area contributed by atoms with Crippen LogP contribution in [0.3, 0.4) is 0 Å². The summed E-state index contributed by atoms with van der Waals surface area (Å²) in [6.07, 6.45) is 5.45. The Kier molecular flexibility index (Phi) is 19.1. The third-order valence-corrected chi connectivity index (χ3v) is 21.6. The summed E-state index contributed by atoms with van der Waals surface area (Å²) >= 11 is 0. The van der Waals surface area contributed by atoms with Gasteiger partial charge < -0.3 is 28.7 Å². The molecule has 97 heavy (non-hydrogen) atoms. The highest BCUT2D eigenvalue weighted by molar-refractivity contribution is 6.30. The van der Waals surface area contributed by atoms with Gasteiger partial charge in [-0.15, -0.1) is 10.2 Å². The Labute approximate surface area is 572 Å². The number of rotatable bonds is 18. The van der Waals surface area contributed by atoms with Crippen LogP contribution in [0.5, 0.6) is 11.5 Å². The molecule has 2 saturated carbocycles. The lowest BCUT2D eigenvalue weighted by atomic mass is 9.75. The van der Waals surface area contributed by atoms with Crippen molar-refractivity contribution in [2.24, 2.45) is 45.5 Å². The molecule has 2 aromatic heterocycles. The van der Waals surface area contributed by atoms with E-state index in [0.717, 1.165) is 106 Å². The summed E-state index contributed by atoms with van der Waals surface area (Å²) in [5.74, 6) is 5.66. The van der Waals surface area contributed by atoms with Crippen molar-refractivity contribution in [3.63, 3.8) is 0 Å². The molecule has 510 valence electrons. The third kappa shape index (κ3) is 13.0. The number of anilines is 2.